The van der Waals surface area contributed by atoms with E-state index in [0.29, 0.717) is 5.69 Å². The molecule has 2 aromatic heterocycles. The lowest BCUT2D eigenvalue weighted by Crippen LogP contribution is -2.47. The number of carbonyl (C=O) groups excluding carboxylic acids is 1. The highest BCUT2D eigenvalue weighted by Gasteiger charge is 2.23. The van der Waals surface area contributed by atoms with Crippen LogP contribution in [0.2, 0.25) is 0 Å². The van der Waals surface area contributed by atoms with Crippen molar-refractivity contribution in [1.82, 2.24) is 24.8 Å². The van der Waals surface area contributed by atoms with E-state index >= 15 is 0 Å². The number of aromatic nitrogens is 4. The number of likely N-dealkylation sites (tertiary alicyclic amines) is 1. The summed E-state index contributed by atoms with van der Waals surface area (Å²) in [6, 6.07) is 3.63. The summed E-state index contributed by atoms with van der Waals surface area (Å²) in [4.78, 5) is 35.9. The van der Waals surface area contributed by atoms with Gasteiger partial charge in [-0.1, -0.05) is 0 Å². The average molecular weight is 339 g/mol. The van der Waals surface area contributed by atoms with Gasteiger partial charge < -0.3 is 14.7 Å². The Labute approximate surface area is 146 Å². The van der Waals surface area contributed by atoms with Gasteiger partial charge in [-0.3, -0.25) is 4.79 Å². The Morgan fingerprint density at radius 2 is 1.52 bits per heavy atom. The zero-order chi connectivity index (χ0) is 17.1. The van der Waals surface area contributed by atoms with E-state index in [-0.39, 0.29) is 5.91 Å². The van der Waals surface area contributed by atoms with Crippen molar-refractivity contribution in [3.63, 3.8) is 0 Å². The molecule has 8 heteroatoms. The maximum Gasteiger partial charge on any atom is 0.272 e. The summed E-state index contributed by atoms with van der Waals surface area (Å²) >= 11 is 0. The minimum atomic E-state index is 0.0115. The fourth-order valence-corrected chi connectivity index (χ4v) is 3.31. The summed E-state index contributed by atoms with van der Waals surface area (Å²) in [6.45, 7) is 4.92. The Morgan fingerprint density at radius 3 is 2.24 bits per heavy atom. The fraction of sp³-hybridized carbons (Fsp3) is 0.471. The number of piperazine rings is 1. The molecule has 0 aromatic carbocycles. The molecule has 4 rings (SSSR count). The number of hydrogen-bond donors (Lipinski definition) is 0. The molecule has 0 atom stereocenters. The van der Waals surface area contributed by atoms with Crippen LogP contribution in [0, 0.1) is 0 Å². The van der Waals surface area contributed by atoms with Crippen molar-refractivity contribution in [2.75, 3.05) is 49.1 Å². The van der Waals surface area contributed by atoms with Gasteiger partial charge in [0.25, 0.3) is 5.91 Å². The fourth-order valence-electron chi connectivity index (χ4n) is 3.31. The molecule has 0 saturated carbocycles. The van der Waals surface area contributed by atoms with Gasteiger partial charge in [0.05, 0.1) is 0 Å². The van der Waals surface area contributed by atoms with Crippen LogP contribution in [0.1, 0.15) is 23.3 Å². The van der Waals surface area contributed by atoms with E-state index in [4.69, 9.17) is 0 Å². The van der Waals surface area contributed by atoms with Crippen LogP contribution < -0.4 is 9.80 Å². The molecule has 0 radical (unpaired) electrons. The molecule has 2 saturated heterocycles. The van der Waals surface area contributed by atoms with Crippen LogP contribution in [0.15, 0.2) is 30.9 Å². The van der Waals surface area contributed by atoms with Crippen molar-refractivity contribution in [2.24, 2.45) is 0 Å². The monoisotopic (exact) mass is 339 g/mol. The largest absolute Gasteiger partial charge is 0.353 e. The third kappa shape index (κ3) is 3.38. The Morgan fingerprint density at radius 1 is 0.840 bits per heavy atom. The highest BCUT2D eigenvalue weighted by atomic mass is 16.2. The van der Waals surface area contributed by atoms with Gasteiger partial charge in [-0.15, -0.1) is 0 Å². The Bertz CT molecular complexity index is 725. The molecular formula is C17H21N7O. The zero-order valence-corrected chi connectivity index (χ0v) is 14.1. The number of rotatable bonds is 3. The number of hydrogen-bond acceptors (Lipinski definition) is 7. The van der Waals surface area contributed by atoms with Crippen molar-refractivity contribution in [3.05, 3.63) is 36.5 Å². The van der Waals surface area contributed by atoms with Crippen molar-refractivity contribution in [1.29, 1.82) is 0 Å². The van der Waals surface area contributed by atoms with Gasteiger partial charge in [0, 0.05) is 57.7 Å². The molecule has 0 bridgehead atoms. The molecular weight excluding hydrogens is 318 g/mol. The Hall–Kier alpha value is -2.77. The van der Waals surface area contributed by atoms with E-state index in [9.17, 15) is 4.79 Å². The topological polar surface area (TPSA) is 78.4 Å². The number of carbonyl (C=O) groups is 1. The van der Waals surface area contributed by atoms with E-state index in [1.807, 2.05) is 17.0 Å². The number of amides is 1. The summed E-state index contributed by atoms with van der Waals surface area (Å²) in [7, 11) is 0. The van der Waals surface area contributed by atoms with Crippen LogP contribution in [0.5, 0.6) is 0 Å². The molecule has 4 heterocycles. The van der Waals surface area contributed by atoms with Crippen molar-refractivity contribution >= 4 is 17.7 Å². The first-order valence-electron chi connectivity index (χ1n) is 8.69. The molecule has 2 fully saturated rings. The van der Waals surface area contributed by atoms with Gasteiger partial charge in [-0.2, -0.15) is 0 Å². The van der Waals surface area contributed by atoms with E-state index in [1.165, 1.54) is 6.33 Å². The zero-order valence-electron chi connectivity index (χ0n) is 14.1. The first-order valence-corrected chi connectivity index (χ1v) is 8.69. The smallest absolute Gasteiger partial charge is 0.272 e. The maximum atomic E-state index is 12.5. The van der Waals surface area contributed by atoms with Crippen LogP contribution in [0.3, 0.4) is 0 Å². The molecule has 2 aliphatic rings. The highest BCUT2D eigenvalue weighted by Crippen LogP contribution is 2.18. The van der Waals surface area contributed by atoms with E-state index in [2.05, 4.69) is 29.7 Å². The molecule has 8 nitrogen and oxygen atoms in total. The Kier molecular flexibility index (Phi) is 4.41. The minimum Gasteiger partial charge on any atom is -0.353 e. The quantitative estimate of drug-likeness (QED) is 0.819. The van der Waals surface area contributed by atoms with Crippen LogP contribution in [0.25, 0.3) is 0 Å². The first-order chi connectivity index (χ1) is 12.3. The molecule has 0 unspecified atom stereocenters. The lowest BCUT2D eigenvalue weighted by Gasteiger charge is -2.35. The lowest BCUT2D eigenvalue weighted by molar-refractivity contribution is 0.0787. The second-order valence-electron chi connectivity index (χ2n) is 6.28. The first kappa shape index (κ1) is 15.7. The highest BCUT2D eigenvalue weighted by molar-refractivity contribution is 5.93. The van der Waals surface area contributed by atoms with Crippen LogP contribution in [0.4, 0.5) is 11.8 Å². The van der Waals surface area contributed by atoms with Gasteiger partial charge in [-0.25, -0.2) is 19.9 Å². The third-order valence-electron chi connectivity index (χ3n) is 4.70. The molecule has 0 N–H and O–H groups in total. The second-order valence-corrected chi connectivity index (χ2v) is 6.28. The standard InChI is InChI=1S/C17H21N7O/c25-16(23-6-1-2-7-23)14-12-15(21-13-20-14)22-8-10-24(11-9-22)17-18-4-3-5-19-17/h3-5,12-13H,1-2,6-11H2. The molecule has 0 aliphatic carbocycles. The van der Waals surface area contributed by atoms with Gasteiger partial charge >= 0.3 is 0 Å². The van der Waals surface area contributed by atoms with Gasteiger partial charge in [0.1, 0.15) is 17.8 Å². The third-order valence-corrected chi connectivity index (χ3v) is 4.70. The molecule has 0 spiro atoms. The molecule has 1 amide bonds. The van der Waals surface area contributed by atoms with Crippen molar-refractivity contribution in [2.45, 2.75) is 12.8 Å². The van der Waals surface area contributed by atoms with Crippen molar-refractivity contribution < 1.29 is 4.79 Å². The average Bonchev–Trinajstić information content (AvgIpc) is 3.23. The van der Waals surface area contributed by atoms with Crippen LogP contribution in [-0.4, -0.2) is 70.0 Å². The normalized spacial score (nSPS) is 17.8. The Balaban J connectivity index is 1.43. The molecule has 2 aromatic rings. The second kappa shape index (κ2) is 7.00. The summed E-state index contributed by atoms with van der Waals surface area (Å²) in [5, 5.41) is 0. The molecule has 25 heavy (non-hydrogen) atoms. The van der Waals surface area contributed by atoms with Gasteiger partial charge in [0.15, 0.2) is 0 Å². The minimum absolute atomic E-state index is 0.0115. The SMILES string of the molecule is O=C(c1cc(N2CCN(c3ncccn3)CC2)ncn1)N1CCCC1. The van der Waals surface area contributed by atoms with E-state index < -0.39 is 0 Å². The van der Waals surface area contributed by atoms with Crippen LogP contribution in [-0.2, 0) is 0 Å². The van der Waals surface area contributed by atoms with Gasteiger partial charge in [-0.05, 0) is 18.9 Å². The van der Waals surface area contributed by atoms with Crippen molar-refractivity contribution in [3.8, 4) is 0 Å². The maximum absolute atomic E-state index is 12.5. The lowest BCUT2D eigenvalue weighted by atomic mass is 10.3. The summed E-state index contributed by atoms with van der Waals surface area (Å²) in [5.74, 6) is 1.58. The predicted molar refractivity (Wildman–Crippen MR) is 93.6 cm³/mol. The van der Waals surface area contributed by atoms with Gasteiger partial charge in [0.2, 0.25) is 5.95 Å². The predicted octanol–water partition coefficient (Wildman–Crippen LogP) is 0.829. The van der Waals surface area contributed by atoms with E-state index in [0.717, 1.165) is 63.9 Å². The molecule has 130 valence electrons. The van der Waals surface area contributed by atoms with E-state index in [1.54, 1.807) is 12.4 Å². The summed E-state index contributed by atoms with van der Waals surface area (Å²) < 4.78 is 0. The van der Waals surface area contributed by atoms with Crippen LogP contribution >= 0.6 is 0 Å². The summed E-state index contributed by atoms with van der Waals surface area (Å²) in [6.07, 6.45) is 7.16. The number of anilines is 2. The molecule has 2 aliphatic heterocycles. The number of nitrogens with zero attached hydrogens (tertiary/aromatic N) is 7. The summed E-state index contributed by atoms with van der Waals surface area (Å²) in [5.41, 5.74) is 0.487.